The number of carbonyl (C=O) groups excluding carboxylic acids is 1. The van der Waals surface area contributed by atoms with Crippen molar-refractivity contribution in [2.75, 3.05) is 24.6 Å². The number of nitrogens with one attached hydrogen (secondary N) is 2. The number of aromatic carboxylic acids is 1. The van der Waals surface area contributed by atoms with Crippen LogP contribution in [0.25, 0.3) is 21.8 Å². The molecule has 2 aromatic heterocycles. The highest BCUT2D eigenvalue weighted by molar-refractivity contribution is 7.90. The minimum atomic E-state index is -3.41. The van der Waals surface area contributed by atoms with Crippen LogP contribution in [0, 0.1) is 0 Å². The van der Waals surface area contributed by atoms with Gasteiger partial charge in [0.25, 0.3) is 0 Å². The summed E-state index contributed by atoms with van der Waals surface area (Å²) in [5.74, 6) is -0.787. The molecular formula is C36H42N4O7S2. The molecule has 4 heterocycles. The number of carboxylic acids is 1. The lowest BCUT2D eigenvalue weighted by Crippen LogP contribution is -2.27. The zero-order chi connectivity index (χ0) is 34.0. The molecular weight excluding hydrogens is 665 g/mol. The average Bonchev–Trinajstić information content (AvgIpc) is 3.63. The van der Waals surface area contributed by atoms with E-state index in [1.54, 1.807) is 25.1 Å². The number of hydrogen-bond donors (Lipinski definition) is 3. The smallest absolute Gasteiger partial charge is 0.338 e. The normalized spacial score (nSPS) is 14.6. The predicted octanol–water partition coefficient (Wildman–Crippen LogP) is 4.99. The van der Waals surface area contributed by atoms with Crippen LogP contribution in [0.5, 0.6) is 0 Å². The van der Waals surface area contributed by atoms with Crippen molar-refractivity contribution in [3.63, 3.8) is 0 Å². The molecule has 5 aromatic rings. The van der Waals surface area contributed by atoms with Crippen molar-refractivity contribution in [1.82, 2.24) is 18.6 Å². The van der Waals surface area contributed by atoms with Crippen molar-refractivity contribution >= 4 is 54.8 Å². The zero-order valence-electron chi connectivity index (χ0n) is 26.8. The van der Waals surface area contributed by atoms with Crippen LogP contribution in [-0.4, -0.2) is 62.2 Å². The molecule has 11 nitrogen and oxygen atoms in total. The number of nitrogens with zero attached hydrogens (tertiary/aromatic N) is 2. The number of esters is 1. The van der Waals surface area contributed by atoms with Crippen LogP contribution in [-0.2, 0) is 58.3 Å². The van der Waals surface area contributed by atoms with Crippen LogP contribution < -0.4 is 10.6 Å². The van der Waals surface area contributed by atoms with Gasteiger partial charge in [-0.2, -0.15) is 0 Å². The summed E-state index contributed by atoms with van der Waals surface area (Å²) in [6.07, 6.45) is 1.45. The fourth-order valence-electron chi connectivity index (χ4n) is 6.37. The zero-order valence-corrected chi connectivity index (χ0v) is 28.5. The minimum absolute atomic E-state index is 0. The van der Waals surface area contributed by atoms with Crippen LogP contribution in [0.1, 0.15) is 70.1 Å². The summed E-state index contributed by atoms with van der Waals surface area (Å²) in [5.41, 5.74) is 7.03. The largest absolute Gasteiger partial charge is 0.478 e. The molecule has 0 aliphatic carbocycles. The second-order valence-corrected chi connectivity index (χ2v) is 15.3. The fourth-order valence-corrected chi connectivity index (χ4v) is 8.71. The highest BCUT2D eigenvalue weighted by Crippen LogP contribution is 2.32. The molecule has 13 heteroatoms. The van der Waals surface area contributed by atoms with Gasteiger partial charge in [-0.1, -0.05) is 44.7 Å². The molecule has 3 N–H and O–H groups in total. The summed E-state index contributed by atoms with van der Waals surface area (Å²) < 4.78 is 46.2. The maximum atomic E-state index is 12.6. The first-order valence-electron chi connectivity index (χ1n) is 15.9. The van der Waals surface area contributed by atoms with Gasteiger partial charge >= 0.3 is 11.9 Å². The second kappa shape index (κ2) is 15.1. The molecule has 3 aromatic carbocycles. The van der Waals surface area contributed by atoms with Crippen molar-refractivity contribution < 1.29 is 32.1 Å². The summed E-state index contributed by atoms with van der Waals surface area (Å²) in [5, 5.41) is 17.4. The molecule has 260 valence electrons. The third kappa shape index (κ3) is 7.07. The van der Waals surface area contributed by atoms with Crippen molar-refractivity contribution in [2.45, 2.75) is 53.8 Å². The van der Waals surface area contributed by atoms with Crippen LogP contribution >= 0.6 is 0 Å². The number of ether oxygens (including phenoxy) is 1. The average molecular weight is 707 g/mol. The Labute approximate surface area is 288 Å². The molecule has 2 aliphatic heterocycles. The highest BCUT2D eigenvalue weighted by Gasteiger charge is 2.27. The first-order valence-corrected chi connectivity index (χ1v) is 18.8. The predicted molar refractivity (Wildman–Crippen MR) is 193 cm³/mol. The molecule has 0 amide bonds. The van der Waals surface area contributed by atoms with E-state index in [2.05, 4.69) is 10.6 Å². The maximum absolute atomic E-state index is 12.6. The number of aromatic nitrogens is 2. The summed E-state index contributed by atoms with van der Waals surface area (Å²) in [4.78, 5) is 23.7. The molecule has 7 rings (SSSR count). The van der Waals surface area contributed by atoms with Gasteiger partial charge in [0.2, 0.25) is 10.0 Å². The van der Waals surface area contributed by atoms with Crippen LogP contribution in [0.4, 0.5) is 0 Å². The van der Waals surface area contributed by atoms with Crippen molar-refractivity contribution in [1.29, 1.82) is 0 Å². The van der Waals surface area contributed by atoms with Gasteiger partial charge in [-0.25, -0.2) is 26.2 Å². The lowest BCUT2D eigenvalue weighted by molar-refractivity contribution is 0.0472. The molecule has 2 aliphatic rings. The molecule has 49 heavy (non-hydrogen) atoms. The SMILES string of the molecule is C.CCS(=O)(=O)n1c2c(c3cc(C(=O)O)ccc31)CNCC2.CCS(=O)n1c2c(c3cc(C(=O)OCc4ccccc4)ccc31)CNCC2. The van der Waals surface area contributed by atoms with E-state index in [4.69, 9.17) is 9.84 Å². The van der Waals surface area contributed by atoms with E-state index < -0.39 is 27.0 Å². The Bertz CT molecular complexity index is 2150. The Hall–Kier alpha value is -4.30. The van der Waals surface area contributed by atoms with E-state index in [0.29, 0.717) is 41.7 Å². The molecule has 0 radical (unpaired) electrons. The van der Waals surface area contributed by atoms with Crippen molar-refractivity contribution in [2.24, 2.45) is 0 Å². The van der Waals surface area contributed by atoms with Gasteiger partial charge in [-0.05, 0) is 60.0 Å². The Morgan fingerprint density at radius 3 is 2.10 bits per heavy atom. The first-order chi connectivity index (χ1) is 23.1. The number of fused-ring (bicyclic) bond motifs is 6. The van der Waals surface area contributed by atoms with E-state index in [-0.39, 0.29) is 31.3 Å². The van der Waals surface area contributed by atoms with E-state index in [1.165, 1.54) is 10.0 Å². The third-order valence-corrected chi connectivity index (χ3v) is 11.8. The number of hydrogen-bond acceptors (Lipinski definition) is 8. The Kier molecular flexibility index (Phi) is 11.1. The monoisotopic (exact) mass is 706 g/mol. The molecule has 0 fully saturated rings. The van der Waals surface area contributed by atoms with E-state index in [9.17, 15) is 22.2 Å². The maximum Gasteiger partial charge on any atom is 0.338 e. The van der Waals surface area contributed by atoms with Gasteiger partial charge in [-0.3, -0.25) is 3.97 Å². The van der Waals surface area contributed by atoms with Crippen LogP contribution in [0.3, 0.4) is 0 Å². The lowest BCUT2D eigenvalue weighted by atomic mass is 10.0. The van der Waals surface area contributed by atoms with Gasteiger partial charge in [0, 0.05) is 66.9 Å². The van der Waals surface area contributed by atoms with Crippen molar-refractivity contribution in [3.8, 4) is 0 Å². The number of carboxylic acid groups (broad SMARTS) is 1. The second-order valence-electron chi connectivity index (χ2n) is 11.6. The van der Waals surface area contributed by atoms with Crippen LogP contribution in [0.2, 0.25) is 0 Å². The van der Waals surface area contributed by atoms with E-state index in [0.717, 1.165) is 58.5 Å². The fraction of sp³-hybridized carbons (Fsp3) is 0.333. The number of carbonyl (C=O) groups is 2. The Morgan fingerprint density at radius 1 is 0.857 bits per heavy atom. The minimum Gasteiger partial charge on any atom is -0.478 e. The van der Waals surface area contributed by atoms with E-state index in [1.807, 2.05) is 53.4 Å². The number of benzene rings is 3. The topological polar surface area (TPSA) is 149 Å². The van der Waals surface area contributed by atoms with Gasteiger partial charge in [0.1, 0.15) is 17.6 Å². The molecule has 0 spiro atoms. The van der Waals surface area contributed by atoms with Crippen molar-refractivity contribution in [3.05, 3.63) is 106 Å². The third-order valence-electron chi connectivity index (χ3n) is 8.74. The molecule has 0 saturated heterocycles. The standard InChI is InChI=1S/C21H22N2O3S.C14H16N2O4S.CH4/c1-2-27(25)23-19-9-8-16(12-17(19)18-13-22-11-10-20(18)23)21(24)26-14-15-6-4-3-5-7-15;1-2-21(19,20)16-12-4-3-9(14(17)18)7-10(12)11-8-15-6-5-13(11)16;/h3-9,12,22H,2,10-11,13-14H2,1H3;3-4,7,15H,2,5-6,8H2,1H3,(H,17,18);1H4. The summed E-state index contributed by atoms with van der Waals surface area (Å²) in [6, 6.07) is 19.8. The molecule has 0 bridgehead atoms. The quantitative estimate of drug-likeness (QED) is 0.190. The number of rotatable bonds is 8. The van der Waals surface area contributed by atoms with Gasteiger partial charge in [-0.15, -0.1) is 0 Å². The summed E-state index contributed by atoms with van der Waals surface area (Å²) in [6.45, 7) is 6.65. The molecule has 0 saturated carbocycles. The molecule has 1 atom stereocenters. The Morgan fingerprint density at radius 2 is 1.45 bits per heavy atom. The Balaban J connectivity index is 0.000000193. The highest BCUT2D eigenvalue weighted by atomic mass is 32.2. The summed E-state index contributed by atoms with van der Waals surface area (Å²) in [7, 11) is -4.51. The van der Waals surface area contributed by atoms with E-state index >= 15 is 0 Å². The summed E-state index contributed by atoms with van der Waals surface area (Å²) >= 11 is 0. The lowest BCUT2D eigenvalue weighted by Gasteiger charge is -2.16. The molecule has 1 unspecified atom stereocenters. The van der Waals surface area contributed by atoms with Crippen LogP contribution in [0.15, 0.2) is 66.7 Å². The van der Waals surface area contributed by atoms with Gasteiger partial charge in [0.15, 0.2) is 0 Å². The van der Waals surface area contributed by atoms with Gasteiger partial charge < -0.3 is 20.5 Å². The van der Waals surface area contributed by atoms with Gasteiger partial charge in [0.05, 0.1) is 27.9 Å². The first kappa shape index (κ1) is 36.0.